The maximum absolute atomic E-state index is 13.5. The summed E-state index contributed by atoms with van der Waals surface area (Å²) >= 11 is 0. The first-order valence-corrected chi connectivity index (χ1v) is 17.7. The van der Waals surface area contributed by atoms with Gasteiger partial charge in [0.2, 0.25) is 0 Å². The van der Waals surface area contributed by atoms with Crippen molar-refractivity contribution >= 4 is 5.97 Å². The Morgan fingerprint density at radius 1 is 0.638 bits per heavy atom. The zero-order chi connectivity index (χ0) is 33.7. The van der Waals surface area contributed by atoms with Gasteiger partial charge in [0, 0.05) is 23.5 Å². The molecule has 258 valence electrons. The van der Waals surface area contributed by atoms with E-state index in [-0.39, 0.29) is 12.0 Å². The Labute approximate surface area is 279 Å². The van der Waals surface area contributed by atoms with Gasteiger partial charge in [-0.3, -0.25) is 0 Å². The Morgan fingerprint density at radius 3 is 1.66 bits per heavy atom. The second kappa shape index (κ2) is 21.5. The van der Waals surface area contributed by atoms with E-state index in [1.807, 2.05) is 24.3 Å². The molecular weight excluding hydrogens is 601 g/mol. The predicted molar refractivity (Wildman–Crippen MR) is 183 cm³/mol. The van der Waals surface area contributed by atoms with Crippen LogP contribution in [-0.4, -0.2) is 34.8 Å². The highest BCUT2D eigenvalue weighted by molar-refractivity contribution is 5.90. The number of carbonyl (C=O) groups excluding carboxylic acids is 1. The fourth-order valence-electron chi connectivity index (χ4n) is 5.50. The van der Waals surface area contributed by atoms with Crippen LogP contribution in [0.3, 0.4) is 0 Å². The third kappa shape index (κ3) is 14.5. The van der Waals surface area contributed by atoms with Crippen molar-refractivity contribution in [1.82, 2.24) is 9.97 Å². The number of hydrogen-bond acceptors (Lipinski definition) is 5. The maximum atomic E-state index is 13.5. The van der Waals surface area contributed by atoms with Crippen LogP contribution < -0.4 is 4.74 Å². The highest BCUT2D eigenvalue weighted by Gasteiger charge is 2.42. The van der Waals surface area contributed by atoms with Crippen molar-refractivity contribution in [2.24, 2.45) is 0 Å². The molecule has 2 aromatic carbocycles. The lowest BCUT2D eigenvalue weighted by Gasteiger charge is -2.20. The van der Waals surface area contributed by atoms with E-state index in [1.54, 1.807) is 24.5 Å². The number of alkyl halides is 3. The molecule has 0 aliphatic carbocycles. The Hall–Kier alpha value is -3.42. The molecule has 0 amide bonds. The molecular formula is C39H53F3N2O3. The van der Waals surface area contributed by atoms with Crippen molar-refractivity contribution in [3.8, 4) is 28.3 Å². The van der Waals surface area contributed by atoms with Crippen LogP contribution in [0.1, 0.15) is 133 Å². The number of rotatable bonds is 23. The van der Waals surface area contributed by atoms with E-state index in [1.165, 1.54) is 69.9 Å². The second-order valence-electron chi connectivity index (χ2n) is 12.4. The van der Waals surface area contributed by atoms with Crippen LogP contribution in [0.4, 0.5) is 13.2 Å². The number of ether oxygens (including phenoxy) is 2. The Morgan fingerprint density at radius 2 is 1.13 bits per heavy atom. The quantitative estimate of drug-likeness (QED) is 0.0752. The third-order valence-corrected chi connectivity index (χ3v) is 8.42. The molecule has 0 aliphatic heterocycles. The van der Waals surface area contributed by atoms with Crippen molar-refractivity contribution in [2.45, 2.75) is 135 Å². The molecule has 3 rings (SSSR count). The number of aromatic nitrogens is 2. The van der Waals surface area contributed by atoms with Gasteiger partial charge in [0.1, 0.15) is 5.75 Å². The van der Waals surface area contributed by atoms with Crippen LogP contribution in [-0.2, 0) is 4.74 Å². The van der Waals surface area contributed by atoms with Gasteiger partial charge in [0.05, 0.1) is 12.2 Å². The minimum atomic E-state index is -4.60. The zero-order valence-corrected chi connectivity index (χ0v) is 28.3. The zero-order valence-electron chi connectivity index (χ0n) is 28.3. The van der Waals surface area contributed by atoms with Gasteiger partial charge < -0.3 is 9.47 Å². The molecule has 1 atom stereocenters. The lowest BCUT2D eigenvalue weighted by Crippen LogP contribution is -2.33. The molecule has 0 saturated heterocycles. The summed E-state index contributed by atoms with van der Waals surface area (Å²) in [5, 5.41) is 0. The molecule has 0 bridgehead atoms. The monoisotopic (exact) mass is 654 g/mol. The highest BCUT2D eigenvalue weighted by atomic mass is 19.4. The molecule has 0 saturated carbocycles. The fourth-order valence-corrected chi connectivity index (χ4v) is 5.50. The van der Waals surface area contributed by atoms with Gasteiger partial charge >= 0.3 is 12.1 Å². The van der Waals surface area contributed by atoms with Crippen LogP contribution in [0.25, 0.3) is 22.5 Å². The first-order chi connectivity index (χ1) is 22.8. The Balaban J connectivity index is 1.42. The van der Waals surface area contributed by atoms with Crippen molar-refractivity contribution in [2.75, 3.05) is 6.61 Å². The van der Waals surface area contributed by atoms with E-state index < -0.39 is 18.2 Å². The summed E-state index contributed by atoms with van der Waals surface area (Å²) in [5.41, 5.74) is 2.50. The summed E-state index contributed by atoms with van der Waals surface area (Å²) in [5.74, 6) is 0.295. The second-order valence-corrected chi connectivity index (χ2v) is 12.4. The lowest BCUT2D eigenvalue weighted by molar-refractivity contribution is -0.206. The van der Waals surface area contributed by atoms with Crippen LogP contribution in [0.15, 0.2) is 60.9 Å². The normalized spacial score (nSPS) is 12.2. The maximum Gasteiger partial charge on any atom is 0.425 e. The molecule has 47 heavy (non-hydrogen) atoms. The first kappa shape index (κ1) is 38.0. The molecule has 3 aromatic rings. The van der Waals surface area contributed by atoms with Crippen LogP contribution >= 0.6 is 0 Å². The SMILES string of the molecule is CCCCCCCCCCCCOc1ccc(-c2cnc(-c3ccc(C(=O)OC(CCCCCCCC)C(F)(F)F)cc3)nc2)cc1. The van der Waals surface area contributed by atoms with E-state index >= 15 is 0 Å². The van der Waals surface area contributed by atoms with E-state index in [9.17, 15) is 18.0 Å². The standard InChI is InChI=1S/C39H53F3N2O3/c1-3-5-7-9-11-12-13-14-16-18-28-46-35-26-24-31(25-27-35)34-29-43-37(44-30-34)32-20-22-33(23-21-32)38(45)47-36(39(40,41)42)19-17-15-10-8-6-4-2/h20-27,29-30,36H,3-19,28H2,1-2H3. The molecule has 0 aliphatic rings. The predicted octanol–water partition coefficient (Wildman–Crippen LogP) is 11.9. The van der Waals surface area contributed by atoms with Gasteiger partial charge in [-0.15, -0.1) is 0 Å². The number of hydrogen-bond donors (Lipinski definition) is 0. The molecule has 0 N–H and O–H groups in total. The van der Waals surface area contributed by atoms with Gasteiger partial charge in [-0.1, -0.05) is 128 Å². The van der Waals surface area contributed by atoms with Crippen LogP contribution in [0.2, 0.25) is 0 Å². The van der Waals surface area contributed by atoms with Gasteiger partial charge in [0.25, 0.3) is 0 Å². The molecule has 5 nitrogen and oxygen atoms in total. The first-order valence-electron chi connectivity index (χ1n) is 17.7. The number of nitrogens with zero attached hydrogens (tertiary/aromatic N) is 2. The molecule has 1 unspecified atom stereocenters. The molecule has 1 aromatic heterocycles. The minimum Gasteiger partial charge on any atom is -0.494 e. The fraction of sp³-hybridized carbons (Fsp3) is 0.564. The van der Waals surface area contributed by atoms with Gasteiger partial charge in [-0.25, -0.2) is 14.8 Å². The van der Waals surface area contributed by atoms with E-state index in [0.717, 1.165) is 49.0 Å². The molecule has 0 spiro atoms. The molecule has 1 heterocycles. The van der Waals surface area contributed by atoms with Crippen molar-refractivity contribution in [1.29, 1.82) is 0 Å². The van der Waals surface area contributed by atoms with Gasteiger partial charge in [-0.2, -0.15) is 13.2 Å². The summed E-state index contributed by atoms with van der Waals surface area (Å²) in [7, 11) is 0. The van der Waals surface area contributed by atoms with E-state index in [4.69, 9.17) is 9.47 Å². The van der Waals surface area contributed by atoms with Crippen LogP contribution in [0.5, 0.6) is 5.75 Å². The molecule has 8 heteroatoms. The smallest absolute Gasteiger partial charge is 0.425 e. The minimum absolute atomic E-state index is 0.0537. The largest absolute Gasteiger partial charge is 0.494 e. The van der Waals surface area contributed by atoms with Gasteiger partial charge in [-0.05, 0) is 49.1 Å². The van der Waals surface area contributed by atoms with Crippen molar-refractivity contribution in [3.63, 3.8) is 0 Å². The summed E-state index contributed by atoms with van der Waals surface area (Å²) in [6, 6.07) is 14.0. The Bertz CT molecular complexity index is 1260. The number of carbonyl (C=O) groups is 1. The average molecular weight is 655 g/mol. The lowest BCUT2D eigenvalue weighted by atomic mass is 10.1. The average Bonchev–Trinajstić information content (AvgIpc) is 3.08. The summed E-state index contributed by atoms with van der Waals surface area (Å²) < 4.78 is 51.4. The van der Waals surface area contributed by atoms with Crippen LogP contribution in [0, 0.1) is 0 Å². The topological polar surface area (TPSA) is 61.3 Å². The summed E-state index contributed by atoms with van der Waals surface area (Å²) in [4.78, 5) is 21.5. The number of esters is 1. The molecule has 0 radical (unpaired) electrons. The summed E-state index contributed by atoms with van der Waals surface area (Å²) in [6.45, 7) is 5.05. The summed E-state index contributed by atoms with van der Waals surface area (Å²) in [6.07, 6.45) is 14.5. The number of unbranched alkanes of at least 4 members (excludes halogenated alkanes) is 14. The number of halogens is 3. The third-order valence-electron chi connectivity index (χ3n) is 8.42. The van der Waals surface area contributed by atoms with Crippen molar-refractivity contribution in [3.05, 3.63) is 66.5 Å². The van der Waals surface area contributed by atoms with E-state index in [0.29, 0.717) is 30.8 Å². The van der Waals surface area contributed by atoms with E-state index in [2.05, 4.69) is 23.8 Å². The van der Waals surface area contributed by atoms with Gasteiger partial charge in [0.15, 0.2) is 11.9 Å². The Kier molecular flexibility index (Phi) is 17.4. The highest BCUT2D eigenvalue weighted by Crippen LogP contribution is 2.29. The molecule has 0 fully saturated rings. The van der Waals surface area contributed by atoms with Crippen molar-refractivity contribution < 1.29 is 27.4 Å². The number of benzene rings is 2.